The van der Waals surface area contributed by atoms with Crippen molar-refractivity contribution in [3.63, 3.8) is 0 Å². The predicted molar refractivity (Wildman–Crippen MR) is 59.9 cm³/mol. The molecule has 4 nitrogen and oxygen atoms in total. The van der Waals surface area contributed by atoms with Gasteiger partial charge in [0.05, 0.1) is 0 Å². The Labute approximate surface area is 93.3 Å². The van der Waals surface area contributed by atoms with Crippen LogP contribution in [-0.2, 0) is 9.59 Å². The first-order valence-electron chi connectivity index (χ1n) is 4.87. The molecule has 1 amide bonds. The van der Waals surface area contributed by atoms with Crippen LogP contribution in [0.4, 0.5) is 0 Å². The third-order valence-corrected chi connectivity index (χ3v) is 3.32. The summed E-state index contributed by atoms with van der Waals surface area (Å²) >= 11 is 1.58. The number of thioether (sulfide) groups is 1. The van der Waals surface area contributed by atoms with Crippen molar-refractivity contribution in [2.75, 3.05) is 18.1 Å². The van der Waals surface area contributed by atoms with Gasteiger partial charge in [0.25, 0.3) is 0 Å². The second-order valence-corrected chi connectivity index (χ2v) is 4.49. The van der Waals surface area contributed by atoms with Crippen molar-refractivity contribution in [2.24, 2.45) is 0 Å². The number of carbonyl (C=O) groups is 2. The first-order chi connectivity index (χ1) is 7.16. The molecule has 0 aromatic heterocycles. The summed E-state index contributed by atoms with van der Waals surface area (Å²) in [6.45, 7) is 4.08. The average Bonchev–Trinajstić information content (AvgIpc) is 2.25. The van der Waals surface area contributed by atoms with Crippen LogP contribution in [0.25, 0.3) is 0 Å². The van der Waals surface area contributed by atoms with Crippen molar-refractivity contribution in [2.45, 2.75) is 18.9 Å². The third kappa shape index (κ3) is 3.27. The standard InChI is InChI=1S/C10H15NO3S/c1-2-3-4-9(12)11-5-6-15-7-8(11)10(13)14/h2,8H,1,3-7H2,(H,13,14). The topological polar surface area (TPSA) is 57.6 Å². The molecule has 5 heteroatoms. The van der Waals surface area contributed by atoms with Gasteiger partial charge in [0.2, 0.25) is 5.91 Å². The fourth-order valence-corrected chi connectivity index (χ4v) is 2.51. The molecule has 1 aliphatic rings. The Hall–Kier alpha value is -0.970. The number of rotatable bonds is 4. The molecule has 1 aliphatic heterocycles. The van der Waals surface area contributed by atoms with E-state index in [1.54, 1.807) is 17.8 Å². The van der Waals surface area contributed by atoms with E-state index in [2.05, 4.69) is 6.58 Å². The first-order valence-corrected chi connectivity index (χ1v) is 6.03. The Morgan fingerprint density at radius 1 is 1.60 bits per heavy atom. The van der Waals surface area contributed by atoms with Crippen LogP contribution in [0.1, 0.15) is 12.8 Å². The Morgan fingerprint density at radius 2 is 2.33 bits per heavy atom. The first kappa shape index (κ1) is 12.1. The predicted octanol–water partition coefficient (Wildman–Crippen LogP) is 0.981. The van der Waals surface area contributed by atoms with E-state index >= 15 is 0 Å². The normalized spacial score (nSPS) is 21.1. The molecular weight excluding hydrogens is 214 g/mol. The van der Waals surface area contributed by atoms with Crippen LogP contribution < -0.4 is 0 Å². The summed E-state index contributed by atoms with van der Waals surface area (Å²) in [4.78, 5) is 24.1. The maximum Gasteiger partial charge on any atom is 0.327 e. The van der Waals surface area contributed by atoms with Gasteiger partial charge in [-0.2, -0.15) is 11.8 Å². The van der Waals surface area contributed by atoms with E-state index in [-0.39, 0.29) is 5.91 Å². The van der Waals surface area contributed by atoms with Gasteiger partial charge in [0, 0.05) is 24.5 Å². The van der Waals surface area contributed by atoms with Crippen molar-refractivity contribution in [3.8, 4) is 0 Å². The van der Waals surface area contributed by atoms with Gasteiger partial charge in [0.15, 0.2) is 0 Å². The second kappa shape index (κ2) is 5.80. The summed E-state index contributed by atoms with van der Waals surface area (Å²) in [6, 6.07) is -0.652. The summed E-state index contributed by atoms with van der Waals surface area (Å²) < 4.78 is 0. The number of carboxylic acid groups (broad SMARTS) is 1. The van der Waals surface area contributed by atoms with Gasteiger partial charge in [-0.05, 0) is 6.42 Å². The quantitative estimate of drug-likeness (QED) is 0.730. The van der Waals surface area contributed by atoms with Gasteiger partial charge >= 0.3 is 5.97 Å². The smallest absolute Gasteiger partial charge is 0.327 e. The molecule has 0 radical (unpaired) electrons. The zero-order chi connectivity index (χ0) is 11.3. The van der Waals surface area contributed by atoms with E-state index in [1.807, 2.05) is 0 Å². The molecule has 0 saturated carbocycles. The zero-order valence-corrected chi connectivity index (χ0v) is 9.33. The Bertz CT molecular complexity index is 267. The largest absolute Gasteiger partial charge is 0.480 e. The molecule has 0 aliphatic carbocycles. The van der Waals surface area contributed by atoms with E-state index < -0.39 is 12.0 Å². The molecule has 0 bridgehead atoms. The zero-order valence-electron chi connectivity index (χ0n) is 8.52. The number of carbonyl (C=O) groups excluding carboxylic acids is 1. The number of nitrogens with zero attached hydrogens (tertiary/aromatic N) is 1. The van der Waals surface area contributed by atoms with E-state index in [4.69, 9.17) is 5.11 Å². The molecular formula is C10H15NO3S. The van der Waals surface area contributed by atoms with Crippen molar-refractivity contribution in [3.05, 3.63) is 12.7 Å². The summed E-state index contributed by atoms with van der Waals surface area (Å²) in [5.74, 6) is 0.329. The lowest BCUT2D eigenvalue weighted by Gasteiger charge is -2.32. The molecule has 1 unspecified atom stereocenters. The van der Waals surface area contributed by atoms with Gasteiger partial charge in [-0.15, -0.1) is 6.58 Å². The lowest BCUT2D eigenvalue weighted by molar-refractivity contribution is -0.149. The number of hydrogen-bond donors (Lipinski definition) is 1. The molecule has 0 spiro atoms. The maximum atomic E-state index is 11.7. The van der Waals surface area contributed by atoms with Gasteiger partial charge in [-0.25, -0.2) is 4.79 Å². The van der Waals surface area contributed by atoms with Crippen molar-refractivity contribution >= 4 is 23.6 Å². The van der Waals surface area contributed by atoms with Crippen LogP contribution in [0.3, 0.4) is 0 Å². The fraction of sp³-hybridized carbons (Fsp3) is 0.600. The van der Waals surface area contributed by atoms with E-state index in [9.17, 15) is 9.59 Å². The van der Waals surface area contributed by atoms with E-state index in [1.165, 1.54) is 4.90 Å². The number of hydrogen-bond acceptors (Lipinski definition) is 3. The highest BCUT2D eigenvalue weighted by molar-refractivity contribution is 7.99. The van der Waals surface area contributed by atoms with Gasteiger partial charge in [-0.1, -0.05) is 6.08 Å². The van der Waals surface area contributed by atoms with Gasteiger partial charge in [0.1, 0.15) is 6.04 Å². The monoisotopic (exact) mass is 229 g/mol. The Balaban J connectivity index is 2.58. The summed E-state index contributed by atoms with van der Waals surface area (Å²) in [5.41, 5.74) is 0. The summed E-state index contributed by atoms with van der Waals surface area (Å²) in [6.07, 6.45) is 2.64. The minimum absolute atomic E-state index is 0.0809. The average molecular weight is 229 g/mol. The molecule has 1 rings (SSSR count). The maximum absolute atomic E-state index is 11.7. The molecule has 1 saturated heterocycles. The minimum atomic E-state index is -0.908. The van der Waals surface area contributed by atoms with E-state index in [0.717, 1.165) is 5.75 Å². The highest BCUT2D eigenvalue weighted by atomic mass is 32.2. The van der Waals surface area contributed by atoms with Crippen LogP contribution in [0, 0.1) is 0 Å². The molecule has 1 heterocycles. The number of allylic oxidation sites excluding steroid dienone is 1. The Kier molecular flexibility index (Phi) is 4.68. The van der Waals surface area contributed by atoms with Crippen molar-refractivity contribution < 1.29 is 14.7 Å². The molecule has 1 atom stereocenters. The number of carboxylic acids is 1. The molecule has 1 fully saturated rings. The highest BCUT2D eigenvalue weighted by Gasteiger charge is 2.31. The van der Waals surface area contributed by atoms with Gasteiger partial charge < -0.3 is 10.0 Å². The molecule has 0 aromatic carbocycles. The molecule has 15 heavy (non-hydrogen) atoms. The van der Waals surface area contributed by atoms with Crippen molar-refractivity contribution in [1.82, 2.24) is 4.90 Å². The highest BCUT2D eigenvalue weighted by Crippen LogP contribution is 2.18. The number of aliphatic carboxylic acids is 1. The van der Waals surface area contributed by atoms with Crippen LogP contribution >= 0.6 is 11.8 Å². The van der Waals surface area contributed by atoms with Gasteiger partial charge in [-0.3, -0.25) is 4.79 Å². The van der Waals surface area contributed by atoms with Crippen LogP contribution in [-0.4, -0.2) is 46.0 Å². The SMILES string of the molecule is C=CCCC(=O)N1CCSCC1C(=O)O. The summed E-state index contributed by atoms with van der Waals surface area (Å²) in [7, 11) is 0. The summed E-state index contributed by atoms with van der Waals surface area (Å²) in [5, 5.41) is 8.96. The van der Waals surface area contributed by atoms with Crippen LogP contribution in [0.2, 0.25) is 0 Å². The number of amides is 1. The molecule has 0 aromatic rings. The minimum Gasteiger partial charge on any atom is -0.480 e. The third-order valence-electron chi connectivity index (χ3n) is 2.30. The lowest BCUT2D eigenvalue weighted by Crippen LogP contribution is -2.50. The Morgan fingerprint density at radius 3 is 2.93 bits per heavy atom. The van der Waals surface area contributed by atoms with Crippen LogP contribution in [0.5, 0.6) is 0 Å². The lowest BCUT2D eigenvalue weighted by atomic mass is 10.2. The van der Waals surface area contributed by atoms with Crippen LogP contribution in [0.15, 0.2) is 12.7 Å². The second-order valence-electron chi connectivity index (χ2n) is 3.34. The molecule has 84 valence electrons. The van der Waals surface area contributed by atoms with Crippen molar-refractivity contribution in [1.29, 1.82) is 0 Å². The fourth-order valence-electron chi connectivity index (χ4n) is 1.48. The van der Waals surface area contributed by atoms with E-state index in [0.29, 0.717) is 25.1 Å². The molecule has 1 N–H and O–H groups in total.